The third kappa shape index (κ3) is 5.91. The van der Waals surface area contributed by atoms with Crippen molar-refractivity contribution in [2.45, 2.75) is 39.4 Å². The Bertz CT molecular complexity index is 1040. The normalized spacial score (nSPS) is 14.3. The fourth-order valence-electron chi connectivity index (χ4n) is 2.98. The highest BCUT2D eigenvalue weighted by Gasteiger charge is 2.26. The van der Waals surface area contributed by atoms with Gasteiger partial charge in [-0.1, -0.05) is 35.2 Å². The molecule has 1 aromatic heterocycles. The van der Waals surface area contributed by atoms with E-state index in [0.29, 0.717) is 43.2 Å². The zero-order valence-electron chi connectivity index (χ0n) is 18.3. The molecule has 2 aromatic rings. The predicted molar refractivity (Wildman–Crippen MR) is 124 cm³/mol. The third-order valence-corrected chi connectivity index (χ3v) is 4.73. The lowest BCUT2D eigenvalue weighted by molar-refractivity contribution is 0.0924. The molecule has 0 bridgehead atoms. The second-order valence-corrected chi connectivity index (χ2v) is 7.29. The number of aromatic nitrogens is 2. The minimum Gasteiger partial charge on any atom is -0.349 e. The number of amidine groups is 1. The van der Waals surface area contributed by atoms with Crippen molar-refractivity contribution >= 4 is 26.7 Å². The largest absolute Gasteiger partial charge is 0.349 e. The molecule has 32 heavy (non-hydrogen) atoms. The molecule has 2 heterocycles. The van der Waals surface area contributed by atoms with E-state index < -0.39 is 17.0 Å². The number of hydrogen-bond donors (Lipinski definition) is 1. The molecule has 0 radical (unpaired) electrons. The van der Waals surface area contributed by atoms with Crippen LogP contribution in [0.1, 0.15) is 54.5 Å². The Morgan fingerprint density at radius 3 is 2.66 bits per heavy atom. The summed E-state index contributed by atoms with van der Waals surface area (Å²) < 4.78 is 43.2. The zero-order chi connectivity index (χ0) is 23.9. The lowest BCUT2D eigenvalue weighted by Gasteiger charge is -2.13. The SMILES string of the molecule is C=CCC(=NC(=NCC)c1ccc(C(F)(F)P)cc1F)c1cc2n(n1)CCNC2=O.CC. The molecule has 1 atom stereocenters. The standard InChI is InChI=1S/C20H21F3N5OP.C2H6/c1-3-5-15(16-11-17-19(29)25-8-9-28(17)27-16)26-18(24-4-2)13-7-6-12(10-14(13)21)20(22,23)30;1-2/h3,6-7,10-11H,1,4-5,8-9,30H2,2H3,(H,25,29);1-2H3. The van der Waals surface area contributed by atoms with Crippen LogP contribution in [0.3, 0.4) is 0 Å². The van der Waals surface area contributed by atoms with E-state index in [2.05, 4.69) is 27.0 Å². The molecule has 1 aliphatic heterocycles. The number of alkyl halides is 2. The Labute approximate surface area is 187 Å². The Morgan fingerprint density at radius 2 is 2.09 bits per heavy atom. The van der Waals surface area contributed by atoms with Crippen LogP contribution < -0.4 is 5.32 Å². The number of fused-ring (bicyclic) bond motifs is 1. The molecule has 1 aliphatic rings. The first-order valence-electron chi connectivity index (χ1n) is 10.3. The summed E-state index contributed by atoms with van der Waals surface area (Å²) in [7, 11) is 1.38. The van der Waals surface area contributed by atoms with Crippen LogP contribution in [0.25, 0.3) is 0 Å². The van der Waals surface area contributed by atoms with Gasteiger partial charge in [-0.2, -0.15) is 13.9 Å². The molecule has 1 amide bonds. The maximum atomic E-state index is 14.6. The molecule has 1 unspecified atom stereocenters. The molecule has 0 aliphatic carbocycles. The molecule has 6 nitrogen and oxygen atoms in total. The highest BCUT2D eigenvalue weighted by Crippen LogP contribution is 2.35. The molecule has 0 saturated carbocycles. The van der Waals surface area contributed by atoms with Gasteiger partial charge in [0.05, 0.1) is 17.8 Å². The first kappa shape index (κ1) is 25.5. The quantitative estimate of drug-likeness (QED) is 0.294. The molecule has 1 N–H and O–H groups in total. The van der Waals surface area contributed by atoms with E-state index in [9.17, 15) is 18.0 Å². The first-order chi connectivity index (χ1) is 15.2. The summed E-state index contributed by atoms with van der Waals surface area (Å²) in [5.41, 5.74) is -2.42. The van der Waals surface area contributed by atoms with Crippen LogP contribution in [0.4, 0.5) is 13.2 Å². The summed E-state index contributed by atoms with van der Waals surface area (Å²) in [5.74, 6) is -1.03. The van der Waals surface area contributed by atoms with Crippen molar-refractivity contribution in [2.24, 2.45) is 9.98 Å². The fraction of sp³-hybridized carbons (Fsp3) is 0.364. The Morgan fingerprint density at radius 1 is 1.38 bits per heavy atom. The maximum absolute atomic E-state index is 14.6. The zero-order valence-corrected chi connectivity index (χ0v) is 19.5. The summed E-state index contributed by atoms with van der Waals surface area (Å²) in [6.07, 6.45) is 1.90. The summed E-state index contributed by atoms with van der Waals surface area (Å²) in [5, 5.41) is 7.16. The second kappa shape index (κ2) is 11.2. The Kier molecular flexibility index (Phi) is 8.89. The minimum absolute atomic E-state index is 0.00173. The molecule has 0 saturated heterocycles. The average molecular weight is 465 g/mol. The van der Waals surface area contributed by atoms with Crippen molar-refractivity contribution in [1.29, 1.82) is 0 Å². The van der Waals surface area contributed by atoms with Gasteiger partial charge in [-0.25, -0.2) is 9.38 Å². The summed E-state index contributed by atoms with van der Waals surface area (Å²) in [4.78, 5) is 20.7. The number of nitrogens with zero attached hydrogens (tertiary/aromatic N) is 4. The van der Waals surface area contributed by atoms with Crippen LogP contribution in [0.2, 0.25) is 0 Å². The van der Waals surface area contributed by atoms with Gasteiger partial charge < -0.3 is 5.32 Å². The van der Waals surface area contributed by atoms with Crippen molar-refractivity contribution in [3.05, 3.63) is 65.3 Å². The maximum Gasteiger partial charge on any atom is 0.283 e. The number of rotatable bonds is 6. The van der Waals surface area contributed by atoms with Gasteiger partial charge in [-0.3, -0.25) is 14.5 Å². The van der Waals surface area contributed by atoms with Crippen molar-refractivity contribution < 1.29 is 18.0 Å². The van der Waals surface area contributed by atoms with Gasteiger partial charge in [-0.15, -0.1) is 6.58 Å². The number of amides is 1. The number of benzene rings is 1. The molecule has 172 valence electrons. The number of nitrogens with one attached hydrogen (secondary N) is 1. The molecule has 0 spiro atoms. The van der Waals surface area contributed by atoms with Gasteiger partial charge in [0, 0.05) is 25.1 Å². The van der Waals surface area contributed by atoms with Gasteiger partial charge in [0.25, 0.3) is 11.6 Å². The molecule has 10 heteroatoms. The van der Waals surface area contributed by atoms with Crippen LogP contribution in [-0.4, -0.2) is 40.3 Å². The van der Waals surface area contributed by atoms with Gasteiger partial charge >= 0.3 is 0 Å². The third-order valence-electron chi connectivity index (χ3n) is 4.40. The van der Waals surface area contributed by atoms with E-state index in [4.69, 9.17) is 0 Å². The first-order valence-corrected chi connectivity index (χ1v) is 10.9. The molecule has 1 aromatic carbocycles. The summed E-state index contributed by atoms with van der Waals surface area (Å²) >= 11 is 0. The van der Waals surface area contributed by atoms with E-state index in [1.54, 1.807) is 23.7 Å². The lowest BCUT2D eigenvalue weighted by atomic mass is 10.1. The van der Waals surface area contributed by atoms with Crippen LogP contribution >= 0.6 is 9.24 Å². The average Bonchev–Trinajstić information content (AvgIpc) is 3.19. The van der Waals surface area contributed by atoms with Crippen molar-refractivity contribution in [3.63, 3.8) is 0 Å². The molecule has 0 fully saturated rings. The van der Waals surface area contributed by atoms with E-state index >= 15 is 0 Å². The molecule has 3 rings (SSSR count). The van der Waals surface area contributed by atoms with E-state index in [1.165, 1.54) is 15.3 Å². The second-order valence-electron chi connectivity index (χ2n) is 6.56. The lowest BCUT2D eigenvalue weighted by Crippen LogP contribution is -2.35. The summed E-state index contributed by atoms with van der Waals surface area (Å²) in [6, 6.07) is 4.75. The van der Waals surface area contributed by atoms with Crippen molar-refractivity contribution in [2.75, 3.05) is 13.1 Å². The topological polar surface area (TPSA) is 71.6 Å². The van der Waals surface area contributed by atoms with Gasteiger partial charge in [-0.05, 0) is 25.1 Å². The number of hydrogen-bond acceptors (Lipinski definition) is 3. The van der Waals surface area contributed by atoms with Gasteiger partial charge in [0.2, 0.25) is 0 Å². The number of carbonyl (C=O) groups excluding carboxylic acids is 1. The monoisotopic (exact) mass is 465 g/mol. The number of halogens is 3. The number of allylic oxidation sites excluding steroid dienone is 1. The smallest absolute Gasteiger partial charge is 0.283 e. The van der Waals surface area contributed by atoms with Crippen molar-refractivity contribution in [3.8, 4) is 0 Å². The van der Waals surface area contributed by atoms with E-state index in [-0.39, 0.29) is 17.3 Å². The predicted octanol–water partition coefficient (Wildman–Crippen LogP) is 4.55. The van der Waals surface area contributed by atoms with Crippen LogP contribution in [0.15, 0.2) is 46.9 Å². The van der Waals surface area contributed by atoms with Gasteiger partial charge in [0.1, 0.15) is 17.2 Å². The Hall–Kier alpha value is -2.80. The van der Waals surface area contributed by atoms with Crippen molar-refractivity contribution in [1.82, 2.24) is 15.1 Å². The number of carbonyl (C=O) groups is 1. The van der Waals surface area contributed by atoms with Gasteiger partial charge in [0.15, 0.2) is 5.84 Å². The highest BCUT2D eigenvalue weighted by molar-refractivity contribution is 7.17. The molecular formula is C22H27F3N5OP. The fourth-order valence-corrected chi connectivity index (χ4v) is 3.16. The minimum atomic E-state index is -3.24. The highest BCUT2D eigenvalue weighted by atomic mass is 31.0. The Balaban J connectivity index is 0.00000176. The van der Waals surface area contributed by atoms with E-state index in [0.717, 1.165) is 12.1 Å². The van der Waals surface area contributed by atoms with Crippen LogP contribution in [-0.2, 0) is 12.2 Å². The summed E-state index contributed by atoms with van der Waals surface area (Å²) in [6.45, 7) is 10.8. The number of aliphatic imine (C=N–C) groups is 2. The molecular weight excluding hydrogens is 438 g/mol. The van der Waals surface area contributed by atoms with Crippen LogP contribution in [0, 0.1) is 5.82 Å². The van der Waals surface area contributed by atoms with Crippen LogP contribution in [0.5, 0.6) is 0 Å². The van der Waals surface area contributed by atoms with E-state index in [1.807, 2.05) is 13.8 Å².